The molecule has 0 aliphatic rings. The Bertz CT molecular complexity index is 6.85. The molecule has 0 bridgehead atoms. The zero-order valence-electron chi connectivity index (χ0n) is 3.02. The molecule has 0 heterocycles. The number of rotatable bonds is 0. The molecule has 0 amide bonds. The Morgan fingerprint density at radius 2 is 1.00 bits per heavy atom. The topological polar surface area (TPSA) is 83.2 Å². The molecule has 0 aromatic heterocycles. The summed E-state index contributed by atoms with van der Waals surface area (Å²) in [5.41, 5.74) is 0. The summed E-state index contributed by atoms with van der Waals surface area (Å²) in [5.74, 6) is 0. The van der Waals surface area contributed by atoms with Gasteiger partial charge in [0, 0.05) is 39.8 Å². The van der Waals surface area contributed by atoms with Crippen LogP contribution in [0.3, 0.4) is 0 Å². The first-order valence-corrected chi connectivity index (χ1v) is 0.447. The Balaban J connectivity index is -0.00000000167. The van der Waals surface area contributed by atoms with Gasteiger partial charge < -0.3 is 16.1 Å². The summed E-state index contributed by atoms with van der Waals surface area (Å²) in [6, 6.07) is 0. The molecule has 33 valence electrons. The Morgan fingerprint density at radius 3 is 1.00 bits per heavy atom. The predicted octanol–water partition coefficient (Wildman–Crippen LogP) is -2.04. The molecular formula is CH8O3Y. The Labute approximate surface area is 55.9 Å². The third-order valence-electron chi connectivity index (χ3n) is 0. The van der Waals surface area contributed by atoms with Crippen LogP contribution in [0.5, 0.6) is 0 Å². The van der Waals surface area contributed by atoms with E-state index in [0.717, 1.165) is 7.11 Å². The average Bonchev–Trinajstić information content (AvgIpc) is 1.00. The first-order valence-electron chi connectivity index (χ1n) is 0.447. The normalized spacial score (nSPS) is 1.20. The molecule has 0 aliphatic carbocycles. The van der Waals surface area contributed by atoms with Crippen molar-refractivity contribution >= 4 is 0 Å². The SMILES string of the molecule is CO.O.O.[Y]. The van der Waals surface area contributed by atoms with E-state index in [4.69, 9.17) is 5.11 Å². The Morgan fingerprint density at radius 1 is 1.00 bits per heavy atom. The van der Waals surface area contributed by atoms with Gasteiger partial charge in [0.15, 0.2) is 0 Å². The second kappa shape index (κ2) is 81.7. The van der Waals surface area contributed by atoms with E-state index in [1.807, 2.05) is 0 Å². The summed E-state index contributed by atoms with van der Waals surface area (Å²) in [6.45, 7) is 0. The number of hydrogen-bond donors (Lipinski definition) is 1. The minimum atomic E-state index is 0. The van der Waals surface area contributed by atoms with Gasteiger partial charge in [-0.1, -0.05) is 0 Å². The average molecular weight is 157 g/mol. The van der Waals surface area contributed by atoms with Crippen molar-refractivity contribution in [1.29, 1.82) is 0 Å². The minimum Gasteiger partial charge on any atom is -0.412 e. The second-order valence-electron chi connectivity index (χ2n) is 0. The van der Waals surface area contributed by atoms with Gasteiger partial charge in [-0.3, -0.25) is 0 Å². The van der Waals surface area contributed by atoms with E-state index >= 15 is 0 Å². The Hall–Kier alpha value is 0.984. The van der Waals surface area contributed by atoms with Gasteiger partial charge in [0.2, 0.25) is 0 Å². The van der Waals surface area contributed by atoms with Gasteiger partial charge in [0.1, 0.15) is 0 Å². The van der Waals surface area contributed by atoms with Crippen LogP contribution in [0.1, 0.15) is 0 Å². The molecule has 0 aliphatic heterocycles. The maximum absolute atomic E-state index is 7.00. The predicted molar refractivity (Wildman–Crippen MR) is 15.4 cm³/mol. The van der Waals surface area contributed by atoms with Crippen LogP contribution >= 0.6 is 0 Å². The number of aliphatic hydroxyl groups is 1. The van der Waals surface area contributed by atoms with Crippen LogP contribution in [-0.4, -0.2) is 23.2 Å². The standard InChI is InChI=1S/CH4O.2H2O.Y/c1-2;;;/h2H,1H3;2*1H2;. The quantitative estimate of drug-likeness (QED) is 0.431. The van der Waals surface area contributed by atoms with Crippen molar-refractivity contribution in [3.05, 3.63) is 0 Å². The molecule has 0 spiro atoms. The summed E-state index contributed by atoms with van der Waals surface area (Å²) in [4.78, 5) is 0. The maximum Gasteiger partial charge on any atom is 0.0319 e. The van der Waals surface area contributed by atoms with E-state index in [0.29, 0.717) is 0 Å². The van der Waals surface area contributed by atoms with Crippen molar-refractivity contribution in [2.24, 2.45) is 0 Å². The van der Waals surface area contributed by atoms with Gasteiger partial charge in [-0.2, -0.15) is 0 Å². The largest absolute Gasteiger partial charge is 0.412 e. The van der Waals surface area contributed by atoms with Crippen LogP contribution in [-0.2, 0) is 32.7 Å². The molecule has 0 atom stereocenters. The molecule has 5 heavy (non-hydrogen) atoms. The van der Waals surface area contributed by atoms with Crippen LogP contribution in [0, 0.1) is 0 Å². The zero-order chi connectivity index (χ0) is 2.00. The van der Waals surface area contributed by atoms with Gasteiger partial charge in [-0.15, -0.1) is 0 Å². The molecule has 0 aromatic carbocycles. The summed E-state index contributed by atoms with van der Waals surface area (Å²) >= 11 is 0. The summed E-state index contributed by atoms with van der Waals surface area (Å²) < 4.78 is 0. The van der Waals surface area contributed by atoms with Gasteiger partial charge in [-0.25, -0.2) is 0 Å². The first kappa shape index (κ1) is 37.8. The maximum atomic E-state index is 7.00. The Kier molecular flexibility index (Phi) is 617. The van der Waals surface area contributed by atoms with Crippen LogP contribution in [0.2, 0.25) is 0 Å². The van der Waals surface area contributed by atoms with E-state index < -0.39 is 0 Å². The van der Waals surface area contributed by atoms with E-state index in [9.17, 15) is 0 Å². The molecule has 0 unspecified atom stereocenters. The first-order chi connectivity index (χ1) is 1.00. The van der Waals surface area contributed by atoms with Crippen LogP contribution in [0.15, 0.2) is 0 Å². The van der Waals surface area contributed by atoms with Crippen molar-refractivity contribution in [2.75, 3.05) is 7.11 Å². The third kappa shape index (κ3) is 45.8. The van der Waals surface area contributed by atoms with E-state index in [-0.39, 0.29) is 43.7 Å². The molecule has 4 heteroatoms. The molecule has 3 nitrogen and oxygen atoms in total. The van der Waals surface area contributed by atoms with Gasteiger partial charge in [0.25, 0.3) is 0 Å². The van der Waals surface area contributed by atoms with Gasteiger partial charge in [-0.05, 0) is 0 Å². The third-order valence-corrected chi connectivity index (χ3v) is 0. The molecule has 5 N–H and O–H groups in total. The zero-order valence-corrected chi connectivity index (χ0v) is 5.86. The summed E-state index contributed by atoms with van der Waals surface area (Å²) in [5, 5.41) is 7.00. The molecular weight excluding hydrogens is 149 g/mol. The van der Waals surface area contributed by atoms with Gasteiger partial charge >= 0.3 is 0 Å². The molecule has 0 aromatic rings. The van der Waals surface area contributed by atoms with E-state index in [1.54, 1.807) is 0 Å². The summed E-state index contributed by atoms with van der Waals surface area (Å²) in [6.07, 6.45) is 0. The second-order valence-corrected chi connectivity index (χ2v) is 0. The van der Waals surface area contributed by atoms with E-state index in [2.05, 4.69) is 0 Å². The number of hydrogen-bond acceptors (Lipinski definition) is 1. The molecule has 1 radical (unpaired) electrons. The molecule has 0 saturated carbocycles. The summed E-state index contributed by atoms with van der Waals surface area (Å²) in [7, 11) is 1.00. The smallest absolute Gasteiger partial charge is 0.0319 e. The fourth-order valence-electron chi connectivity index (χ4n) is 0. The van der Waals surface area contributed by atoms with Gasteiger partial charge in [0.05, 0.1) is 0 Å². The van der Waals surface area contributed by atoms with Crippen molar-refractivity contribution < 1.29 is 48.8 Å². The van der Waals surface area contributed by atoms with Crippen LogP contribution < -0.4 is 0 Å². The molecule has 0 fully saturated rings. The van der Waals surface area contributed by atoms with Crippen LogP contribution in [0.4, 0.5) is 0 Å². The van der Waals surface area contributed by atoms with Crippen molar-refractivity contribution in [1.82, 2.24) is 0 Å². The number of aliphatic hydroxyl groups excluding tert-OH is 1. The van der Waals surface area contributed by atoms with Crippen molar-refractivity contribution in [3.63, 3.8) is 0 Å². The van der Waals surface area contributed by atoms with E-state index in [1.165, 1.54) is 0 Å². The monoisotopic (exact) mass is 157 g/mol. The fraction of sp³-hybridized carbons (Fsp3) is 1.00. The minimum absolute atomic E-state index is 0. The molecule has 0 rings (SSSR count). The van der Waals surface area contributed by atoms with Crippen molar-refractivity contribution in [2.45, 2.75) is 0 Å². The van der Waals surface area contributed by atoms with Crippen molar-refractivity contribution in [3.8, 4) is 0 Å². The van der Waals surface area contributed by atoms with Crippen LogP contribution in [0.25, 0.3) is 0 Å². The fourth-order valence-corrected chi connectivity index (χ4v) is 0. The molecule has 0 saturated heterocycles.